The molecule has 2 aliphatic rings. The lowest BCUT2D eigenvalue weighted by molar-refractivity contribution is -0.0164. The Morgan fingerprint density at radius 2 is 2.04 bits per heavy atom. The van der Waals surface area contributed by atoms with Crippen molar-refractivity contribution in [1.82, 2.24) is 4.90 Å². The maximum atomic E-state index is 12.6. The van der Waals surface area contributed by atoms with Gasteiger partial charge in [-0.15, -0.1) is 0 Å². The number of amides is 1. The molecule has 126 valence electrons. The lowest BCUT2D eigenvalue weighted by Gasteiger charge is -2.54. The Kier molecular flexibility index (Phi) is 3.74. The van der Waals surface area contributed by atoms with E-state index in [0.717, 1.165) is 19.4 Å². The molecule has 0 N–H and O–H groups in total. The molecule has 0 radical (unpaired) electrons. The summed E-state index contributed by atoms with van der Waals surface area (Å²) < 4.78 is 5.64. The number of rotatable bonds is 0. The molecule has 1 aromatic carbocycles. The van der Waals surface area contributed by atoms with E-state index in [1.165, 1.54) is 16.7 Å². The van der Waals surface area contributed by atoms with Gasteiger partial charge in [0.25, 0.3) is 0 Å². The number of carbonyl (C=O) groups is 1. The molecule has 1 fully saturated rings. The largest absolute Gasteiger partial charge is 0.444 e. The Bertz CT molecular complexity index is 631. The fourth-order valence-corrected chi connectivity index (χ4v) is 4.28. The molecule has 0 aromatic heterocycles. The van der Waals surface area contributed by atoms with Crippen molar-refractivity contribution >= 4 is 6.09 Å². The average Bonchev–Trinajstić information content (AvgIpc) is 2.42. The molecule has 1 saturated heterocycles. The number of hydrogen-bond donors (Lipinski definition) is 0. The van der Waals surface area contributed by atoms with E-state index in [4.69, 9.17) is 4.74 Å². The second-order valence-electron chi connectivity index (χ2n) is 8.56. The summed E-state index contributed by atoms with van der Waals surface area (Å²) in [5, 5.41) is 0. The lowest BCUT2D eigenvalue weighted by atomic mass is 9.59. The molecule has 2 bridgehead atoms. The number of piperidine rings is 1. The Hall–Kier alpha value is -1.51. The van der Waals surface area contributed by atoms with E-state index in [1.54, 1.807) is 0 Å². The highest BCUT2D eigenvalue weighted by Crippen LogP contribution is 2.48. The van der Waals surface area contributed by atoms with Gasteiger partial charge in [0.15, 0.2) is 0 Å². The number of fused-ring (bicyclic) bond motifs is 4. The van der Waals surface area contributed by atoms with Crippen LogP contribution in [-0.2, 0) is 16.6 Å². The van der Waals surface area contributed by atoms with Gasteiger partial charge in [0.1, 0.15) is 5.60 Å². The van der Waals surface area contributed by atoms with Gasteiger partial charge in [-0.3, -0.25) is 0 Å². The van der Waals surface area contributed by atoms with Gasteiger partial charge in [0, 0.05) is 12.6 Å². The number of carbonyl (C=O) groups excluding carboxylic acids is 1. The van der Waals surface area contributed by atoms with Gasteiger partial charge in [-0.05, 0) is 63.0 Å². The molecule has 3 atom stereocenters. The Labute approximate surface area is 140 Å². The van der Waals surface area contributed by atoms with Gasteiger partial charge in [-0.25, -0.2) is 4.79 Å². The molecule has 0 spiro atoms. The summed E-state index contributed by atoms with van der Waals surface area (Å²) in [6, 6.07) is 7.02. The van der Waals surface area contributed by atoms with Crippen molar-refractivity contribution in [3.63, 3.8) is 0 Å². The quantitative estimate of drug-likeness (QED) is 0.707. The van der Waals surface area contributed by atoms with Gasteiger partial charge in [-0.1, -0.05) is 37.6 Å². The summed E-state index contributed by atoms with van der Waals surface area (Å²) in [5.74, 6) is 0.443. The van der Waals surface area contributed by atoms with Crippen molar-refractivity contribution in [1.29, 1.82) is 0 Å². The first-order valence-corrected chi connectivity index (χ1v) is 8.71. The molecule has 3 nitrogen and oxygen atoms in total. The normalized spacial score (nSPS) is 29.9. The van der Waals surface area contributed by atoms with E-state index in [0.29, 0.717) is 5.92 Å². The zero-order chi connectivity index (χ0) is 17.0. The van der Waals surface area contributed by atoms with Gasteiger partial charge in [-0.2, -0.15) is 0 Å². The van der Waals surface area contributed by atoms with Crippen LogP contribution >= 0.6 is 0 Å². The van der Waals surface area contributed by atoms with Crippen molar-refractivity contribution in [3.05, 3.63) is 34.9 Å². The van der Waals surface area contributed by atoms with Gasteiger partial charge >= 0.3 is 6.09 Å². The summed E-state index contributed by atoms with van der Waals surface area (Å²) in [5.41, 5.74) is 3.93. The summed E-state index contributed by atoms with van der Waals surface area (Å²) in [6.45, 7) is 13.4. The van der Waals surface area contributed by atoms with Crippen LogP contribution in [0, 0.1) is 12.8 Å². The first kappa shape index (κ1) is 16.4. The molecule has 0 saturated carbocycles. The maximum Gasteiger partial charge on any atom is 0.410 e. The van der Waals surface area contributed by atoms with Gasteiger partial charge in [0.2, 0.25) is 0 Å². The van der Waals surface area contributed by atoms with Crippen LogP contribution in [0.2, 0.25) is 0 Å². The lowest BCUT2D eigenvalue weighted by Crippen LogP contribution is -2.60. The highest BCUT2D eigenvalue weighted by atomic mass is 16.6. The van der Waals surface area contributed by atoms with Gasteiger partial charge < -0.3 is 9.64 Å². The molecule has 1 heterocycles. The van der Waals surface area contributed by atoms with Crippen molar-refractivity contribution in [3.8, 4) is 0 Å². The van der Waals surface area contributed by atoms with E-state index < -0.39 is 5.60 Å². The number of likely N-dealkylation sites (tertiary alicyclic amines) is 1. The SMILES string of the molecule is Cc1ccc2c(c1)[C@]1(C)CCN(C(=O)OC(C)(C)C)[C@H](C2)[C@@H]1C. The number of benzene rings is 1. The van der Waals surface area contributed by atoms with Crippen molar-refractivity contribution in [2.24, 2.45) is 5.92 Å². The third-order valence-corrected chi connectivity index (χ3v) is 5.79. The molecule has 1 aliphatic heterocycles. The van der Waals surface area contributed by atoms with Crippen LogP contribution in [0.4, 0.5) is 4.79 Å². The molecule has 1 amide bonds. The Morgan fingerprint density at radius 3 is 2.70 bits per heavy atom. The van der Waals surface area contributed by atoms with Crippen molar-refractivity contribution in [2.45, 2.75) is 71.4 Å². The second kappa shape index (κ2) is 5.25. The van der Waals surface area contributed by atoms with E-state index in [1.807, 2.05) is 25.7 Å². The second-order valence-corrected chi connectivity index (χ2v) is 8.56. The predicted octanol–water partition coefficient (Wildman–Crippen LogP) is 4.45. The summed E-state index contributed by atoms with van der Waals surface area (Å²) in [4.78, 5) is 14.6. The average molecular weight is 315 g/mol. The molecule has 1 aliphatic carbocycles. The molecular formula is C20H29NO2. The van der Waals surface area contributed by atoms with Crippen molar-refractivity contribution in [2.75, 3.05) is 6.54 Å². The zero-order valence-electron chi connectivity index (χ0n) is 15.3. The fraction of sp³-hybridized carbons (Fsp3) is 0.650. The van der Waals surface area contributed by atoms with Crippen LogP contribution < -0.4 is 0 Å². The third kappa shape index (κ3) is 2.75. The summed E-state index contributed by atoms with van der Waals surface area (Å²) >= 11 is 0. The molecule has 1 aromatic rings. The Balaban J connectivity index is 1.94. The van der Waals surface area contributed by atoms with Crippen LogP contribution in [-0.4, -0.2) is 29.2 Å². The monoisotopic (exact) mass is 315 g/mol. The molecule has 0 unspecified atom stereocenters. The minimum Gasteiger partial charge on any atom is -0.444 e. The minimum atomic E-state index is -0.440. The molecule has 3 heteroatoms. The van der Waals surface area contributed by atoms with E-state index >= 15 is 0 Å². The van der Waals surface area contributed by atoms with Crippen LogP contribution in [0.5, 0.6) is 0 Å². The predicted molar refractivity (Wildman–Crippen MR) is 92.7 cm³/mol. The first-order valence-electron chi connectivity index (χ1n) is 8.71. The van der Waals surface area contributed by atoms with E-state index in [-0.39, 0.29) is 17.6 Å². The highest BCUT2D eigenvalue weighted by Gasteiger charge is 2.50. The summed E-state index contributed by atoms with van der Waals surface area (Å²) in [7, 11) is 0. The molecule has 23 heavy (non-hydrogen) atoms. The zero-order valence-corrected chi connectivity index (χ0v) is 15.3. The number of nitrogens with zero attached hydrogens (tertiary/aromatic N) is 1. The summed E-state index contributed by atoms with van der Waals surface area (Å²) in [6.07, 6.45) is 1.78. The molecular weight excluding hydrogens is 286 g/mol. The van der Waals surface area contributed by atoms with E-state index in [9.17, 15) is 4.79 Å². The maximum absolute atomic E-state index is 12.6. The van der Waals surface area contributed by atoms with E-state index in [2.05, 4.69) is 39.0 Å². The molecule has 3 rings (SSSR count). The van der Waals surface area contributed by atoms with Crippen molar-refractivity contribution < 1.29 is 9.53 Å². The standard InChI is InChI=1S/C20H29NO2/c1-13-7-8-15-12-17-14(2)20(6,16(15)11-13)9-10-21(17)18(22)23-19(3,4)5/h7-8,11,14,17H,9-10,12H2,1-6H3/t14-,17+,20+/m0/s1. The first-order chi connectivity index (χ1) is 10.6. The number of ether oxygens (including phenoxy) is 1. The Morgan fingerprint density at radius 1 is 1.35 bits per heavy atom. The smallest absolute Gasteiger partial charge is 0.410 e. The van der Waals surface area contributed by atoms with Crippen LogP contribution in [0.1, 0.15) is 57.7 Å². The van der Waals surface area contributed by atoms with Crippen LogP contribution in [0.25, 0.3) is 0 Å². The van der Waals surface area contributed by atoms with Crippen LogP contribution in [0.15, 0.2) is 18.2 Å². The van der Waals surface area contributed by atoms with Gasteiger partial charge in [0.05, 0.1) is 0 Å². The highest BCUT2D eigenvalue weighted by molar-refractivity contribution is 5.69. The number of aryl methyl sites for hydroxylation is 1. The minimum absolute atomic E-state index is 0.156. The third-order valence-electron chi connectivity index (χ3n) is 5.79. The van der Waals surface area contributed by atoms with Crippen LogP contribution in [0.3, 0.4) is 0 Å². The number of hydrogen-bond acceptors (Lipinski definition) is 2. The fourth-order valence-electron chi connectivity index (χ4n) is 4.28. The topological polar surface area (TPSA) is 29.5 Å².